The van der Waals surface area contributed by atoms with Crippen LogP contribution in [0, 0.1) is 0 Å². The third-order valence-electron chi connectivity index (χ3n) is 4.75. The fourth-order valence-corrected chi connectivity index (χ4v) is 5.24. The zero-order chi connectivity index (χ0) is 17.9. The zero-order valence-corrected chi connectivity index (χ0v) is 16.7. The quantitative estimate of drug-likeness (QED) is 0.771. The van der Waals surface area contributed by atoms with E-state index in [2.05, 4.69) is 13.8 Å². The van der Waals surface area contributed by atoms with Gasteiger partial charge in [0, 0.05) is 31.1 Å². The van der Waals surface area contributed by atoms with E-state index in [-0.39, 0.29) is 11.9 Å². The molecule has 0 bridgehead atoms. The van der Waals surface area contributed by atoms with Crippen molar-refractivity contribution >= 4 is 27.3 Å². The molecule has 0 atom stereocenters. The maximum Gasteiger partial charge on any atom is 0.263 e. The topological polar surface area (TPSA) is 57.7 Å². The van der Waals surface area contributed by atoms with E-state index in [0.29, 0.717) is 25.9 Å². The van der Waals surface area contributed by atoms with Gasteiger partial charge < -0.3 is 4.90 Å². The largest absolute Gasteiger partial charge is 0.338 e. The van der Waals surface area contributed by atoms with Gasteiger partial charge in [-0.05, 0) is 37.3 Å². The lowest BCUT2D eigenvalue weighted by atomic mass is 10.0. The summed E-state index contributed by atoms with van der Waals surface area (Å²) in [7, 11) is -1.55. The van der Waals surface area contributed by atoms with Crippen LogP contribution in [0.15, 0.2) is 6.07 Å². The Kier molecular flexibility index (Phi) is 6.45. The molecule has 1 aliphatic heterocycles. The number of sulfonamides is 1. The van der Waals surface area contributed by atoms with Crippen LogP contribution in [0.4, 0.5) is 0 Å². The van der Waals surface area contributed by atoms with Gasteiger partial charge in [-0.15, -0.1) is 11.3 Å². The first-order valence-corrected chi connectivity index (χ1v) is 11.3. The lowest BCUT2D eigenvalue weighted by molar-refractivity contribution is 0.0691. The van der Waals surface area contributed by atoms with Gasteiger partial charge in [0.25, 0.3) is 5.91 Å². The summed E-state index contributed by atoms with van der Waals surface area (Å²) in [6, 6.07) is 2.04. The molecule has 1 aliphatic rings. The number of hydrogen-bond acceptors (Lipinski definition) is 4. The molecular formula is C17H28N2O3S2. The highest BCUT2D eigenvalue weighted by Gasteiger charge is 2.30. The highest BCUT2D eigenvalue weighted by atomic mass is 32.2. The lowest BCUT2D eigenvalue weighted by Gasteiger charge is -2.35. The molecule has 0 aliphatic carbocycles. The van der Waals surface area contributed by atoms with E-state index in [1.807, 2.05) is 11.0 Å². The molecule has 2 rings (SSSR count). The Morgan fingerprint density at radius 3 is 2.46 bits per heavy atom. The second-order valence-electron chi connectivity index (χ2n) is 6.47. The summed E-state index contributed by atoms with van der Waals surface area (Å²) in [6.07, 6.45) is 5.71. The fraction of sp³-hybridized carbons (Fsp3) is 0.706. The number of aryl methyl sites for hydroxylation is 2. The summed E-state index contributed by atoms with van der Waals surface area (Å²) in [5, 5.41) is 0. The molecule has 0 aromatic carbocycles. The van der Waals surface area contributed by atoms with Crippen molar-refractivity contribution < 1.29 is 13.2 Å². The maximum absolute atomic E-state index is 12.8. The maximum atomic E-state index is 12.8. The summed E-state index contributed by atoms with van der Waals surface area (Å²) in [5.41, 5.74) is 1.29. The first kappa shape index (κ1) is 19.4. The van der Waals surface area contributed by atoms with E-state index in [1.165, 1.54) is 21.0 Å². The molecule has 136 valence electrons. The van der Waals surface area contributed by atoms with Crippen LogP contribution in [-0.4, -0.2) is 56.0 Å². The molecule has 1 fully saturated rings. The normalized spacial score (nSPS) is 16.8. The molecule has 1 aromatic rings. The number of nitrogens with zero attached hydrogens (tertiary/aromatic N) is 2. The lowest BCUT2D eigenvalue weighted by Crippen LogP contribution is -2.46. The number of carbonyl (C=O) groups is 1. The van der Waals surface area contributed by atoms with Gasteiger partial charge >= 0.3 is 0 Å². The third-order valence-corrected chi connectivity index (χ3v) is 7.32. The second-order valence-corrected chi connectivity index (χ2v) is 9.64. The molecule has 0 saturated carbocycles. The molecule has 0 unspecified atom stereocenters. The number of piperidine rings is 1. The Hall–Kier alpha value is -0.920. The van der Waals surface area contributed by atoms with Crippen molar-refractivity contribution in [2.45, 2.75) is 52.0 Å². The molecule has 0 spiro atoms. The number of amides is 1. The van der Waals surface area contributed by atoms with Crippen LogP contribution in [0.2, 0.25) is 0 Å². The third kappa shape index (κ3) is 4.37. The zero-order valence-electron chi connectivity index (χ0n) is 15.0. The molecule has 24 heavy (non-hydrogen) atoms. The molecule has 1 aromatic heterocycles. The SMILES string of the molecule is CCCc1sc(C(=O)N2CCC(N(C)S(C)(=O)=O)CC2)cc1CC. The van der Waals surface area contributed by atoms with Crippen molar-refractivity contribution in [1.82, 2.24) is 9.21 Å². The van der Waals surface area contributed by atoms with Gasteiger partial charge in [-0.3, -0.25) is 4.79 Å². The van der Waals surface area contributed by atoms with E-state index < -0.39 is 10.0 Å². The van der Waals surface area contributed by atoms with Crippen molar-refractivity contribution in [3.8, 4) is 0 Å². The average molecular weight is 373 g/mol. The molecule has 2 heterocycles. The van der Waals surface area contributed by atoms with E-state index in [9.17, 15) is 13.2 Å². The van der Waals surface area contributed by atoms with E-state index >= 15 is 0 Å². The van der Waals surface area contributed by atoms with Gasteiger partial charge in [0.15, 0.2) is 0 Å². The van der Waals surface area contributed by atoms with Gasteiger partial charge in [-0.2, -0.15) is 0 Å². The molecule has 0 N–H and O–H groups in total. The average Bonchev–Trinajstić information content (AvgIpc) is 2.96. The predicted molar refractivity (Wildman–Crippen MR) is 99.2 cm³/mol. The van der Waals surface area contributed by atoms with Crippen LogP contribution in [0.25, 0.3) is 0 Å². The smallest absolute Gasteiger partial charge is 0.263 e. The summed E-state index contributed by atoms with van der Waals surface area (Å²) < 4.78 is 24.7. The van der Waals surface area contributed by atoms with Gasteiger partial charge in [-0.25, -0.2) is 12.7 Å². The minimum absolute atomic E-state index is 0.00533. The van der Waals surface area contributed by atoms with Crippen LogP contribution < -0.4 is 0 Å². The molecule has 1 saturated heterocycles. The van der Waals surface area contributed by atoms with E-state index in [1.54, 1.807) is 18.4 Å². The van der Waals surface area contributed by atoms with Gasteiger partial charge in [0.05, 0.1) is 11.1 Å². The number of likely N-dealkylation sites (tertiary alicyclic amines) is 1. The number of rotatable bonds is 6. The molecule has 7 heteroatoms. The van der Waals surface area contributed by atoms with Crippen LogP contribution in [0.1, 0.15) is 53.2 Å². The second kappa shape index (κ2) is 7.97. The summed E-state index contributed by atoms with van der Waals surface area (Å²) in [5.74, 6) is 0.0949. The fourth-order valence-electron chi connectivity index (χ4n) is 3.17. The predicted octanol–water partition coefficient (Wildman–Crippen LogP) is 2.76. The van der Waals surface area contributed by atoms with Crippen LogP contribution in [0.3, 0.4) is 0 Å². The van der Waals surface area contributed by atoms with Gasteiger partial charge in [0.2, 0.25) is 10.0 Å². The Morgan fingerprint density at radius 2 is 1.96 bits per heavy atom. The minimum Gasteiger partial charge on any atom is -0.338 e. The van der Waals surface area contributed by atoms with Crippen LogP contribution in [0.5, 0.6) is 0 Å². The van der Waals surface area contributed by atoms with Gasteiger partial charge in [0.1, 0.15) is 0 Å². The van der Waals surface area contributed by atoms with Crippen molar-refractivity contribution in [3.63, 3.8) is 0 Å². The summed E-state index contributed by atoms with van der Waals surface area (Å²) in [6.45, 7) is 5.52. The Morgan fingerprint density at radius 1 is 1.33 bits per heavy atom. The molecule has 0 radical (unpaired) electrons. The number of thiophene rings is 1. The van der Waals surface area contributed by atoms with Crippen molar-refractivity contribution in [2.24, 2.45) is 0 Å². The standard InChI is InChI=1S/C17H28N2O3S2/c1-5-7-15-13(6-2)12-16(23-15)17(20)19-10-8-14(9-11-19)18(3)24(4,21)22/h12,14H,5-11H2,1-4H3. The van der Waals surface area contributed by atoms with Gasteiger partial charge in [-0.1, -0.05) is 20.3 Å². The summed E-state index contributed by atoms with van der Waals surface area (Å²) in [4.78, 5) is 16.8. The van der Waals surface area contributed by atoms with E-state index in [0.717, 1.165) is 24.1 Å². The monoisotopic (exact) mass is 372 g/mol. The number of hydrogen-bond donors (Lipinski definition) is 0. The van der Waals surface area contributed by atoms with Crippen molar-refractivity contribution in [2.75, 3.05) is 26.4 Å². The van der Waals surface area contributed by atoms with E-state index in [4.69, 9.17) is 0 Å². The molecule has 1 amide bonds. The van der Waals surface area contributed by atoms with Crippen LogP contribution in [-0.2, 0) is 22.9 Å². The van der Waals surface area contributed by atoms with Crippen molar-refractivity contribution in [3.05, 3.63) is 21.4 Å². The van der Waals surface area contributed by atoms with Crippen LogP contribution >= 0.6 is 11.3 Å². The Bertz CT molecular complexity index is 674. The first-order chi connectivity index (χ1) is 11.3. The highest BCUT2D eigenvalue weighted by Crippen LogP contribution is 2.27. The first-order valence-electron chi connectivity index (χ1n) is 8.61. The van der Waals surface area contributed by atoms with Crippen molar-refractivity contribution in [1.29, 1.82) is 0 Å². The summed E-state index contributed by atoms with van der Waals surface area (Å²) >= 11 is 1.62. The number of carbonyl (C=O) groups excluding carboxylic acids is 1. The highest BCUT2D eigenvalue weighted by molar-refractivity contribution is 7.88. The Labute approximate surface area is 149 Å². The molecule has 5 nitrogen and oxygen atoms in total. The molecular weight excluding hydrogens is 344 g/mol. The Balaban J connectivity index is 2.03. The minimum atomic E-state index is -3.17.